The Morgan fingerprint density at radius 2 is 1.52 bits per heavy atom. The number of anilines is 2. The number of para-hydroxylation sites is 1. The maximum atomic E-state index is 12.7. The second kappa shape index (κ2) is 9.36. The van der Waals surface area contributed by atoms with Crippen molar-refractivity contribution in [2.45, 2.75) is 53.4 Å². The van der Waals surface area contributed by atoms with E-state index in [1.807, 2.05) is 42.5 Å². The van der Waals surface area contributed by atoms with Crippen LogP contribution in [-0.4, -0.2) is 18.4 Å². The summed E-state index contributed by atoms with van der Waals surface area (Å²) >= 11 is 0. The van der Waals surface area contributed by atoms with Crippen LogP contribution in [0.2, 0.25) is 0 Å². The van der Waals surface area contributed by atoms with Crippen LogP contribution in [0.5, 0.6) is 0 Å². The molecule has 0 saturated heterocycles. The van der Waals surface area contributed by atoms with Gasteiger partial charge in [-0.1, -0.05) is 58.0 Å². The van der Waals surface area contributed by atoms with Crippen LogP contribution in [0.1, 0.15) is 57.2 Å². The number of amides is 2. The van der Waals surface area contributed by atoms with Gasteiger partial charge in [0.05, 0.1) is 0 Å². The first-order valence-electron chi connectivity index (χ1n) is 9.66. The van der Waals surface area contributed by atoms with Crippen LogP contribution in [0.15, 0.2) is 42.5 Å². The summed E-state index contributed by atoms with van der Waals surface area (Å²) < 4.78 is 0. The van der Waals surface area contributed by atoms with Crippen molar-refractivity contribution in [1.82, 2.24) is 0 Å². The molecule has 0 atom stereocenters. The van der Waals surface area contributed by atoms with Gasteiger partial charge < -0.3 is 10.2 Å². The first kappa shape index (κ1) is 20.7. The summed E-state index contributed by atoms with van der Waals surface area (Å²) in [6.45, 7) is 9.88. The number of hydrogen-bond donors (Lipinski definition) is 1. The van der Waals surface area contributed by atoms with Crippen LogP contribution in [0.3, 0.4) is 0 Å². The van der Waals surface area contributed by atoms with Gasteiger partial charge in [0.25, 0.3) is 0 Å². The number of benzene rings is 2. The van der Waals surface area contributed by atoms with E-state index in [0.29, 0.717) is 5.92 Å². The minimum Gasteiger partial charge on any atom is -0.324 e. The van der Waals surface area contributed by atoms with Gasteiger partial charge >= 0.3 is 0 Å². The molecule has 0 radical (unpaired) electrons. The van der Waals surface area contributed by atoms with Crippen LogP contribution in [-0.2, 0) is 22.4 Å². The molecule has 0 spiro atoms. The molecule has 0 bridgehead atoms. The van der Waals surface area contributed by atoms with Crippen molar-refractivity contribution in [1.29, 1.82) is 0 Å². The van der Waals surface area contributed by atoms with Crippen LogP contribution in [0.4, 0.5) is 11.4 Å². The number of carbonyl (C=O) groups excluding carboxylic acids is 2. The van der Waals surface area contributed by atoms with E-state index in [1.165, 1.54) is 17.4 Å². The Bertz CT molecular complexity index is 772. The third-order valence-electron chi connectivity index (χ3n) is 4.82. The maximum Gasteiger partial charge on any atom is 0.244 e. The van der Waals surface area contributed by atoms with Gasteiger partial charge in [-0.05, 0) is 47.6 Å². The molecule has 0 saturated carbocycles. The molecule has 2 amide bonds. The quantitative estimate of drug-likeness (QED) is 0.755. The number of rotatable bonds is 7. The van der Waals surface area contributed by atoms with E-state index >= 15 is 0 Å². The Morgan fingerprint density at radius 1 is 0.963 bits per heavy atom. The summed E-state index contributed by atoms with van der Waals surface area (Å²) in [7, 11) is 0. The number of hydrogen-bond acceptors (Lipinski definition) is 2. The monoisotopic (exact) mass is 366 g/mol. The van der Waals surface area contributed by atoms with Gasteiger partial charge in [0, 0.05) is 18.3 Å². The molecule has 4 heteroatoms. The molecule has 0 aliphatic heterocycles. The van der Waals surface area contributed by atoms with Crippen LogP contribution < -0.4 is 10.2 Å². The van der Waals surface area contributed by atoms with Crippen molar-refractivity contribution in [3.63, 3.8) is 0 Å². The highest BCUT2D eigenvalue weighted by Crippen LogP contribution is 2.24. The van der Waals surface area contributed by atoms with Gasteiger partial charge in [-0.25, -0.2) is 0 Å². The van der Waals surface area contributed by atoms with Gasteiger partial charge in [0.2, 0.25) is 11.8 Å². The molecule has 0 unspecified atom stereocenters. The molecule has 2 rings (SSSR count). The fourth-order valence-electron chi connectivity index (χ4n) is 3.15. The summed E-state index contributed by atoms with van der Waals surface area (Å²) in [6, 6.07) is 13.9. The molecule has 27 heavy (non-hydrogen) atoms. The molecule has 1 N–H and O–H groups in total. The lowest BCUT2D eigenvalue weighted by molar-refractivity contribution is -0.120. The predicted molar refractivity (Wildman–Crippen MR) is 112 cm³/mol. The Kier molecular flexibility index (Phi) is 7.17. The highest BCUT2D eigenvalue weighted by Gasteiger charge is 2.18. The normalized spacial score (nSPS) is 10.7. The van der Waals surface area contributed by atoms with Gasteiger partial charge in [-0.15, -0.1) is 0 Å². The predicted octanol–water partition coefficient (Wildman–Crippen LogP) is 4.93. The van der Waals surface area contributed by atoms with Gasteiger partial charge in [-0.2, -0.15) is 0 Å². The van der Waals surface area contributed by atoms with E-state index in [4.69, 9.17) is 0 Å². The van der Waals surface area contributed by atoms with Crippen LogP contribution >= 0.6 is 0 Å². The van der Waals surface area contributed by atoms with Crippen LogP contribution in [0.25, 0.3) is 0 Å². The molecular formula is C23H30N2O2. The average Bonchev–Trinajstić information content (AvgIpc) is 2.66. The van der Waals surface area contributed by atoms with E-state index in [0.717, 1.165) is 35.3 Å². The largest absolute Gasteiger partial charge is 0.324 e. The molecule has 0 aliphatic rings. The fourth-order valence-corrected chi connectivity index (χ4v) is 3.15. The first-order valence-corrected chi connectivity index (χ1v) is 9.66. The molecule has 0 aromatic heterocycles. The Hall–Kier alpha value is -2.62. The zero-order valence-electron chi connectivity index (χ0n) is 17.0. The van der Waals surface area contributed by atoms with Crippen molar-refractivity contribution >= 4 is 23.2 Å². The molecule has 144 valence electrons. The maximum absolute atomic E-state index is 12.7. The third-order valence-corrected chi connectivity index (χ3v) is 4.82. The van der Waals surface area contributed by atoms with E-state index in [2.05, 4.69) is 33.0 Å². The molecule has 0 heterocycles. The van der Waals surface area contributed by atoms with E-state index in [1.54, 1.807) is 0 Å². The van der Waals surface area contributed by atoms with E-state index in [9.17, 15) is 9.59 Å². The van der Waals surface area contributed by atoms with Gasteiger partial charge in [-0.3, -0.25) is 9.59 Å². The Labute approximate surface area is 162 Å². The summed E-state index contributed by atoms with van der Waals surface area (Å²) in [4.78, 5) is 26.4. The minimum atomic E-state index is -0.186. The zero-order chi connectivity index (χ0) is 20.0. The molecule has 2 aromatic rings. The molecule has 0 fully saturated rings. The number of nitrogens with one attached hydrogen (secondary N) is 1. The lowest BCUT2D eigenvalue weighted by Crippen LogP contribution is -2.37. The minimum absolute atomic E-state index is 0.00242. The highest BCUT2D eigenvalue weighted by atomic mass is 16.2. The number of aryl methyl sites for hydroxylation is 2. The summed E-state index contributed by atoms with van der Waals surface area (Å²) in [5.74, 6) is 0.0850. The number of nitrogens with zero attached hydrogens (tertiary/aromatic N) is 1. The SMILES string of the molecule is CCc1cccc(CC)c1NC(=O)CN(C(C)=O)c1ccc(C(C)C)cc1. The highest BCUT2D eigenvalue weighted by molar-refractivity contribution is 6.02. The molecule has 4 nitrogen and oxygen atoms in total. The Balaban J connectivity index is 2.20. The fraction of sp³-hybridized carbons (Fsp3) is 0.391. The standard InChI is InChI=1S/C23H30N2O2/c1-6-18-9-8-10-19(7-2)23(18)24-22(27)15-25(17(5)26)21-13-11-20(12-14-21)16(3)4/h8-14,16H,6-7,15H2,1-5H3,(H,24,27). The third kappa shape index (κ3) is 5.19. The van der Waals surface area contributed by atoms with Crippen molar-refractivity contribution in [2.75, 3.05) is 16.8 Å². The summed E-state index contributed by atoms with van der Waals surface area (Å²) in [5, 5.41) is 3.03. The van der Waals surface area contributed by atoms with Crippen molar-refractivity contribution in [3.8, 4) is 0 Å². The lowest BCUT2D eigenvalue weighted by Gasteiger charge is -2.22. The summed E-state index contributed by atoms with van der Waals surface area (Å²) in [5.41, 5.74) is 5.04. The second-order valence-electron chi connectivity index (χ2n) is 7.06. The zero-order valence-corrected chi connectivity index (χ0v) is 17.0. The topological polar surface area (TPSA) is 49.4 Å². The number of carbonyl (C=O) groups is 2. The van der Waals surface area contributed by atoms with E-state index in [-0.39, 0.29) is 18.4 Å². The molecule has 0 aliphatic carbocycles. The van der Waals surface area contributed by atoms with Crippen molar-refractivity contribution < 1.29 is 9.59 Å². The van der Waals surface area contributed by atoms with Gasteiger partial charge in [0.1, 0.15) is 6.54 Å². The summed E-state index contributed by atoms with van der Waals surface area (Å²) in [6.07, 6.45) is 1.69. The Morgan fingerprint density at radius 3 is 1.96 bits per heavy atom. The smallest absolute Gasteiger partial charge is 0.244 e. The average molecular weight is 367 g/mol. The van der Waals surface area contributed by atoms with Crippen molar-refractivity contribution in [2.24, 2.45) is 0 Å². The van der Waals surface area contributed by atoms with Crippen LogP contribution in [0, 0.1) is 0 Å². The van der Waals surface area contributed by atoms with E-state index < -0.39 is 0 Å². The molecule has 2 aromatic carbocycles. The van der Waals surface area contributed by atoms with Crippen molar-refractivity contribution in [3.05, 3.63) is 59.2 Å². The molecular weight excluding hydrogens is 336 g/mol. The first-order chi connectivity index (χ1) is 12.9. The second-order valence-corrected chi connectivity index (χ2v) is 7.06. The van der Waals surface area contributed by atoms with Gasteiger partial charge in [0.15, 0.2) is 0 Å². The lowest BCUT2D eigenvalue weighted by atomic mass is 10.0.